The van der Waals surface area contributed by atoms with Crippen molar-refractivity contribution in [3.63, 3.8) is 0 Å². The van der Waals surface area contributed by atoms with E-state index in [2.05, 4.69) is 30.7 Å². The Morgan fingerprint density at radius 1 is 1.22 bits per heavy atom. The number of anilines is 1. The maximum Gasteiger partial charge on any atom is 0.362 e. The maximum atomic E-state index is 13.2. The topological polar surface area (TPSA) is 319 Å². The fraction of sp³-hybridized carbons (Fsp3) is 0.261. The third kappa shape index (κ3) is 6.84. The molecule has 0 spiro atoms. The number of aliphatic carboxylic acids is 1. The largest absolute Gasteiger partial charge is 0.503 e. The second-order valence-corrected chi connectivity index (χ2v) is 12.0. The zero-order valence-electron chi connectivity index (χ0n) is 23.4. The molecule has 0 radical (unpaired) electrons. The molecule has 21 nitrogen and oxygen atoms in total. The number of rotatable bonds is 11. The van der Waals surface area contributed by atoms with Crippen molar-refractivity contribution in [2.24, 2.45) is 5.16 Å². The molecule has 3 aromatic heterocycles. The number of hydrogen-bond acceptors (Lipinski definition) is 16. The second-order valence-electron chi connectivity index (χ2n) is 9.78. The first-order valence-corrected chi connectivity index (χ1v) is 14.8. The number of pyridine rings is 1. The Hall–Kier alpha value is -5.68. The van der Waals surface area contributed by atoms with Gasteiger partial charge in [0.05, 0.1) is 12.2 Å². The van der Waals surface area contributed by atoms with Gasteiger partial charge in [-0.3, -0.25) is 23.7 Å². The smallest absolute Gasteiger partial charge is 0.362 e. The van der Waals surface area contributed by atoms with Gasteiger partial charge in [-0.25, -0.2) is 24.1 Å². The van der Waals surface area contributed by atoms with Gasteiger partial charge in [0.1, 0.15) is 23.1 Å². The van der Waals surface area contributed by atoms with E-state index in [0.717, 1.165) is 43.5 Å². The molecule has 244 valence electrons. The number of carboxylic acids is 1. The first-order chi connectivity index (χ1) is 21.4. The molecule has 46 heavy (non-hydrogen) atoms. The number of nitrogens with two attached hydrogens (primary N) is 1. The Labute approximate surface area is 260 Å². The number of hydrogen-bond donors (Lipinski definition) is 7. The van der Waals surface area contributed by atoms with Crippen molar-refractivity contribution in [1.82, 2.24) is 34.6 Å². The zero-order valence-corrected chi connectivity index (χ0v) is 25.0. The molecule has 4 heterocycles. The standard InChI is InChI=1S/C23H23N9O12S2/c1-23(2,21(38)39)44-30-15(10-8-45-22(24)28-10)19(36)29-16-12(32(20(16)37)46(41,42)43)6-26-18(35)9-3-4-25-17(27-9)11-5-13(33)14(34)7-31(11)40/h3-5,7-8,12,16,34,40H,6H2,1-2H3,(H2,24,28)(H,26,35)(H,29,36)(H,38,39)(H,41,42,43)/t12-,16+/m1/s1. The van der Waals surface area contributed by atoms with Crippen LogP contribution in [0.5, 0.6) is 5.75 Å². The number of thiazole rings is 1. The minimum atomic E-state index is -5.18. The monoisotopic (exact) mass is 681 g/mol. The zero-order chi connectivity index (χ0) is 34.1. The molecule has 1 aliphatic rings. The van der Waals surface area contributed by atoms with Crippen molar-refractivity contribution in [1.29, 1.82) is 0 Å². The maximum absolute atomic E-state index is 13.2. The molecule has 3 amide bonds. The number of carbonyl (C=O) groups excluding carboxylic acids is 3. The van der Waals surface area contributed by atoms with Crippen LogP contribution in [-0.4, -0.2) is 106 Å². The van der Waals surface area contributed by atoms with E-state index in [-0.39, 0.29) is 32.3 Å². The highest BCUT2D eigenvalue weighted by atomic mass is 32.2. The highest BCUT2D eigenvalue weighted by Crippen LogP contribution is 2.24. The minimum Gasteiger partial charge on any atom is -0.503 e. The Morgan fingerprint density at radius 3 is 2.52 bits per heavy atom. The van der Waals surface area contributed by atoms with E-state index >= 15 is 0 Å². The molecule has 8 N–H and O–H groups in total. The average Bonchev–Trinajstić information content (AvgIpc) is 3.40. The van der Waals surface area contributed by atoms with Crippen LogP contribution in [0.3, 0.4) is 0 Å². The summed E-state index contributed by atoms with van der Waals surface area (Å²) in [5.41, 5.74) is 1.37. The van der Waals surface area contributed by atoms with Crippen LogP contribution in [0.1, 0.15) is 30.0 Å². The van der Waals surface area contributed by atoms with Crippen molar-refractivity contribution >= 4 is 56.2 Å². The van der Waals surface area contributed by atoms with Crippen LogP contribution in [0.15, 0.2) is 39.9 Å². The number of nitrogen functional groups attached to an aromatic ring is 1. The third-order valence-electron chi connectivity index (χ3n) is 6.16. The van der Waals surface area contributed by atoms with E-state index in [0.29, 0.717) is 10.9 Å². The summed E-state index contributed by atoms with van der Waals surface area (Å²) >= 11 is 0.891. The number of oxime groups is 1. The van der Waals surface area contributed by atoms with Crippen LogP contribution >= 0.6 is 11.3 Å². The molecule has 2 atom stereocenters. The SMILES string of the molecule is CC(C)(ON=C(C(=O)N[C@@H]1C(=O)N(S(=O)(=O)O)[C@@H]1CNC(=O)c1ccnc(-c2cc(=O)c(O)cn2O)n1)c1csc(N)n1)C(=O)O. The fourth-order valence-electron chi connectivity index (χ4n) is 3.75. The Kier molecular flexibility index (Phi) is 8.93. The number of β-lactam (4-membered cyclic amide) rings is 1. The van der Waals surface area contributed by atoms with Gasteiger partial charge in [0.2, 0.25) is 11.0 Å². The predicted molar refractivity (Wildman–Crippen MR) is 153 cm³/mol. The molecule has 0 aromatic carbocycles. The van der Waals surface area contributed by atoms with Gasteiger partial charge in [0, 0.05) is 24.2 Å². The lowest BCUT2D eigenvalue weighted by Crippen LogP contribution is -2.74. The molecule has 0 unspecified atom stereocenters. The quantitative estimate of drug-likeness (QED) is 0.0371. The van der Waals surface area contributed by atoms with E-state index < -0.39 is 75.1 Å². The van der Waals surface area contributed by atoms with Gasteiger partial charge in [0.25, 0.3) is 17.7 Å². The molecule has 3 aromatic rings. The molecule has 1 aliphatic heterocycles. The summed E-state index contributed by atoms with van der Waals surface area (Å²) in [6.45, 7) is 1.59. The lowest BCUT2D eigenvalue weighted by molar-refractivity contribution is -0.161. The number of aromatic nitrogens is 4. The van der Waals surface area contributed by atoms with Gasteiger partial charge in [-0.1, -0.05) is 5.16 Å². The van der Waals surface area contributed by atoms with Crippen LogP contribution in [-0.2, 0) is 29.5 Å². The van der Waals surface area contributed by atoms with Crippen LogP contribution in [0, 0.1) is 0 Å². The van der Waals surface area contributed by atoms with Gasteiger partial charge in [-0.2, -0.15) is 13.1 Å². The summed E-state index contributed by atoms with van der Waals surface area (Å²) in [6, 6.07) is -1.35. The fourth-order valence-corrected chi connectivity index (χ4v) is 5.17. The third-order valence-corrected chi connectivity index (χ3v) is 7.79. The summed E-state index contributed by atoms with van der Waals surface area (Å²) in [6.07, 6.45) is 1.77. The van der Waals surface area contributed by atoms with Gasteiger partial charge < -0.3 is 36.6 Å². The van der Waals surface area contributed by atoms with Crippen molar-refractivity contribution in [3.8, 4) is 17.3 Å². The Morgan fingerprint density at radius 2 is 1.91 bits per heavy atom. The van der Waals surface area contributed by atoms with Gasteiger partial charge >= 0.3 is 16.3 Å². The number of nitrogens with zero attached hydrogens (tertiary/aromatic N) is 6. The Bertz CT molecular complexity index is 1940. The van der Waals surface area contributed by atoms with E-state index in [1.165, 1.54) is 5.38 Å². The highest BCUT2D eigenvalue weighted by Gasteiger charge is 2.54. The second kappa shape index (κ2) is 12.4. The summed E-state index contributed by atoms with van der Waals surface area (Å²) in [4.78, 5) is 78.7. The predicted octanol–water partition coefficient (Wildman–Crippen LogP) is -2.20. The molecule has 0 saturated carbocycles. The summed E-state index contributed by atoms with van der Waals surface area (Å²) < 4.78 is 33.8. The molecule has 1 fully saturated rings. The number of carboxylic acid groups (broad SMARTS) is 1. The number of nitrogens with one attached hydrogen (secondary N) is 2. The lowest BCUT2D eigenvalue weighted by Gasteiger charge is -2.44. The number of amides is 3. The molecule has 0 bridgehead atoms. The molecular weight excluding hydrogens is 658 g/mol. The average molecular weight is 682 g/mol. The summed E-state index contributed by atoms with van der Waals surface area (Å²) in [5, 5.41) is 38.1. The normalized spacial score (nSPS) is 16.8. The van der Waals surface area contributed by atoms with Crippen LogP contribution in [0.25, 0.3) is 11.5 Å². The Balaban J connectivity index is 1.56. The lowest BCUT2D eigenvalue weighted by atomic mass is 9.98. The van der Waals surface area contributed by atoms with Gasteiger partial charge in [0.15, 0.2) is 22.4 Å². The molecular formula is C23H23N9O12S2. The summed E-state index contributed by atoms with van der Waals surface area (Å²) in [5.74, 6) is -5.98. The van der Waals surface area contributed by atoms with Gasteiger partial charge in [-0.15, -0.1) is 11.3 Å². The first kappa shape index (κ1) is 33.2. The van der Waals surface area contributed by atoms with Crippen LogP contribution < -0.4 is 21.8 Å². The highest BCUT2D eigenvalue weighted by molar-refractivity contribution is 7.84. The molecule has 1 saturated heterocycles. The first-order valence-electron chi connectivity index (χ1n) is 12.5. The number of carbonyl (C=O) groups is 4. The van der Waals surface area contributed by atoms with Crippen LogP contribution in [0.4, 0.5) is 5.13 Å². The van der Waals surface area contributed by atoms with Crippen molar-refractivity contribution in [3.05, 3.63) is 51.5 Å². The van der Waals surface area contributed by atoms with E-state index in [1.807, 2.05) is 0 Å². The van der Waals surface area contributed by atoms with Crippen molar-refractivity contribution in [2.75, 3.05) is 12.3 Å². The molecule has 0 aliphatic carbocycles. The van der Waals surface area contributed by atoms with Crippen molar-refractivity contribution < 1.29 is 52.4 Å². The van der Waals surface area contributed by atoms with E-state index in [1.54, 1.807) is 0 Å². The summed E-state index contributed by atoms with van der Waals surface area (Å²) in [7, 11) is -5.18. The van der Waals surface area contributed by atoms with Crippen molar-refractivity contribution in [2.45, 2.75) is 31.5 Å². The van der Waals surface area contributed by atoms with E-state index in [9.17, 15) is 52.4 Å². The number of aromatic hydroxyl groups is 1. The molecule has 4 rings (SSSR count). The van der Waals surface area contributed by atoms with E-state index in [4.69, 9.17) is 10.6 Å². The minimum absolute atomic E-state index is 0.00617. The van der Waals surface area contributed by atoms with Crippen LogP contribution in [0.2, 0.25) is 0 Å². The van der Waals surface area contributed by atoms with Gasteiger partial charge in [-0.05, 0) is 19.9 Å². The molecule has 23 heteroatoms.